The first kappa shape index (κ1) is 28.1. The Morgan fingerprint density at radius 3 is 2.42 bits per heavy atom. The molecule has 1 aliphatic rings. The number of hydrogen-bond acceptors (Lipinski definition) is 3. The summed E-state index contributed by atoms with van der Waals surface area (Å²) in [6.07, 6.45) is 9.54. The molecule has 0 radical (unpaired) electrons. The van der Waals surface area contributed by atoms with Crippen molar-refractivity contribution in [2.75, 3.05) is 6.54 Å². The number of unbranched alkanes of at least 4 members (excludes halogenated alkanes) is 3. The van der Waals surface area contributed by atoms with Crippen molar-refractivity contribution in [3.8, 4) is 5.75 Å². The highest BCUT2D eigenvalue weighted by Gasteiger charge is 2.31. The van der Waals surface area contributed by atoms with Gasteiger partial charge in [0, 0.05) is 16.9 Å². The molecule has 1 aliphatic carbocycles. The van der Waals surface area contributed by atoms with E-state index in [0.29, 0.717) is 17.4 Å². The van der Waals surface area contributed by atoms with Gasteiger partial charge in [-0.15, -0.1) is 0 Å². The van der Waals surface area contributed by atoms with Crippen LogP contribution in [0.25, 0.3) is 16.3 Å². The van der Waals surface area contributed by atoms with E-state index in [9.17, 15) is 9.90 Å². The van der Waals surface area contributed by atoms with Gasteiger partial charge in [0.15, 0.2) is 0 Å². The number of allylic oxidation sites excluding steroid dienone is 1. The van der Waals surface area contributed by atoms with E-state index in [1.54, 1.807) is 12.1 Å². The van der Waals surface area contributed by atoms with Crippen molar-refractivity contribution in [3.05, 3.63) is 118 Å². The lowest BCUT2D eigenvalue weighted by Crippen LogP contribution is -2.25. The van der Waals surface area contributed by atoms with Gasteiger partial charge in [-0.3, -0.25) is 4.79 Å². The predicted molar refractivity (Wildman–Crippen MR) is 167 cm³/mol. The van der Waals surface area contributed by atoms with E-state index >= 15 is 0 Å². The number of Topliss-reactive ketones (excluding diaryl/α,β-unsaturated/α-hetero) is 1. The summed E-state index contributed by atoms with van der Waals surface area (Å²) in [5.41, 5.74) is 11.1. The maximum absolute atomic E-state index is 14.5. The van der Waals surface area contributed by atoms with Crippen molar-refractivity contribution in [1.29, 1.82) is 0 Å². The lowest BCUT2D eigenvalue weighted by atomic mass is 9.78. The third-order valence-corrected chi connectivity index (χ3v) is 8.45. The summed E-state index contributed by atoms with van der Waals surface area (Å²) in [6.45, 7) is 0.707. The van der Waals surface area contributed by atoms with Crippen molar-refractivity contribution >= 4 is 33.7 Å². The number of ketones is 1. The first-order valence-electron chi connectivity index (χ1n) is 14.5. The lowest BCUT2D eigenvalue weighted by molar-refractivity contribution is -0.124. The summed E-state index contributed by atoms with van der Waals surface area (Å²) in [5, 5.41) is 13.0. The Balaban J connectivity index is 1.53. The Morgan fingerprint density at radius 1 is 0.850 bits per heavy atom. The van der Waals surface area contributed by atoms with Gasteiger partial charge in [-0.25, -0.2) is 0 Å². The number of halogens is 1. The van der Waals surface area contributed by atoms with Crippen LogP contribution in [-0.2, 0) is 11.2 Å². The molecule has 0 aromatic heterocycles. The monoisotopic (exact) mass is 551 g/mol. The topological polar surface area (TPSA) is 63.3 Å². The average Bonchev–Trinajstić information content (AvgIpc) is 3.01. The predicted octanol–water partition coefficient (Wildman–Crippen LogP) is 8.85. The van der Waals surface area contributed by atoms with Crippen molar-refractivity contribution < 1.29 is 9.90 Å². The smallest absolute Gasteiger partial charge is 0.143 e. The van der Waals surface area contributed by atoms with Gasteiger partial charge >= 0.3 is 0 Å². The van der Waals surface area contributed by atoms with Gasteiger partial charge in [0.05, 0.1) is 0 Å². The molecule has 3 N–H and O–H groups in total. The molecule has 0 heterocycles. The lowest BCUT2D eigenvalue weighted by Gasteiger charge is -2.25. The van der Waals surface area contributed by atoms with E-state index in [1.807, 2.05) is 24.3 Å². The average molecular weight is 552 g/mol. The first-order valence-corrected chi connectivity index (χ1v) is 14.9. The molecule has 2 atom stereocenters. The van der Waals surface area contributed by atoms with E-state index in [-0.39, 0.29) is 17.6 Å². The molecule has 3 nitrogen and oxygen atoms in total. The van der Waals surface area contributed by atoms with Crippen molar-refractivity contribution in [1.82, 2.24) is 0 Å². The molecule has 0 spiro atoms. The summed E-state index contributed by atoms with van der Waals surface area (Å²) in [6, 6.07) is 28.3. The minimum atomic E-state index is -0.200. The van der Waals surface area contributed by atoms with Crippen LogP contribution in [0.2, 0.25) is 5.02 Å². The van der Waals surface area contributed by atoms with Gasteiger partial charge in [0.1, 0.15) is 11.5 Å². The molecule has 0 amide bonds. The maximum Gasteiger partial charge on any atom is 0.143 e. The standard InChI is InChI=1S/C36H38ClNO2/c37-30-17-20-33-34(11-3-1-2-6-21-38)36(40)29(23-25-13-14-26-8-4-5-9-28(26)22-25)10-7-12-32(35(33)24-30)27-15-18-31(39)19-16-27/h4-5,8-9,12-20,22,24,29,34,39H,1-3,6-7,10-11,21,23,38H2/b32-12+. The van der Waals surface area contributed by atoms with Gasteiger partial charge in [0.2, 0.25) is 0 Å². The quantitative estimate of drug-likeness (QED) is 0.204. The van der Waals surface area contributed by atoms with Crippen LogP contribution in [0.5, 0.6) is 5.75 Å². The molecule has 4 heteroatoms. The fraction of sp³-hybridized carbons (Fsp3) is 0.306. The normalized spacial score (nSPS) is 18.9. The molecule has 0 saturated carbocycles. The van der Waals surface area contributed by atoms with Crippen LogP contribution in [-0.4, -0.2) is 17.4 Å². The van der Waals surface area contributed by atoms with Crippen LogP contribution in [0.3, 0.4) is 0 Å². The maximum atomic E-state index is 14.5. The number of hydrogen-bond donors (Lipinski definition) is 2. The molecule has 0 fully saturated rings. The zero-order valence-electron chi connectivity index (χ0n) is 23.0. The molecule has 40 heavy (non-hydrogen) atoms. The van der Waals surface area contributed by atoms with Crippen LogP contribution >= 0.6 is 11.6 Å². The molecule has 4 aromatic carbocycles. The largest absolute Gasteiger partial charge is 0.508 e. The van der Waals surface area contributed by atoms with Gasteiger partial charge < -0.3 is 10.8 Å². The minimum absolute atomic E-state index is 0.0749. The first-order chi connectivity index (χ1) is 19.5. The highest BCUT2D eigenvalue weighted by atomic mass is 35.5. The number of phenols is 1. The van der Waals surface area contributed by atoms with Gasteiger partial charge in [-0.05, 0) is 102 Å². The Bertz CT molecular complexity index is 1490. The third-order valence-electron chi connectivity index (χ3n) is 8.21. The van der Waals surface area contributed by atoms with Crippen LogP contribution in [0.4, 0.5) is 0 Å². The Morgan fingerprint density at radius 2 is 1.62 bits per heavy atom. The van der Waals surface area contributed by atoms with E-state index in [4.69, 9.17) is 17.3 Å². The van der Waals surface area contributed by atoms with E-state index in [1.165, 1.54) is 16.3 Å². The molecular weight excluding hydrogens is 514 g/mol. The van der Waals surface area contributed by atoms with Gasteiger partial charge in [0.25, 0.3) is 0 Å². The second-order valence-corrected chi connectivity index (χ2v) is 11.4. The Labute approximate surface area is 242 Å². The molecule has 0 aliphatic heterocycles. The van der Waals surface area contributed by atoms with Gasteiger partial charge in [-0.2, -0.15) is 0 Å². The fourth-order valence-electron chi connectivity index (χ4n) is 6.10. The number of nitrogens with two attached hydrogens (primary N) is 1. The van der Waals surface area contributed by atoms with E-state index in [2.05, 4.69) is 54.6 Å². The summed E-state index contributed by atoms with van der Waals surface area (Å²) >= 11 is 6.55. The van der Waals surface area contributed by atoms with Crippen LogP contribution in [0.1, 0.15) is 73.1 Å². The molecule has 2 unspecified atom stereocenters. The van der Waals surface area contributed by atoms with Crippen molar-refractivity contribution in [2.24, 2.45) is 11.7 Å². The fourth-order valence-corrected chi connectivity index (χ4v) is 6.27. The number of rotatable bonds is 9. The molecule has 0 saturated heterocycles. The summed E-state index contributed by atoms with van der Waals surface area (Å²) in [4.78, 5) is 14.5. The van der Waals surface area contributed by atoms with Crippen LogP contribution in [0.15, 0.2) is 91.0 Å². The number of fused-ring (bicyclic) bond motifs is 2. The highest BCUT2D eigenvalue weighted by molar-refractivity contribution is 6.30. The molecule has 5 rings (SSSR count). The van der Waals surface area contributed by atoms with E-state index < -0.39 is 0 Å². The SMILES string of the molecule is NCCCCCCC1C(=O)C(Cc2ccc3ccccc3c2)CC/C=C(\c2ccc(O)cc2)c2cc(Cl)ccc21. The number of aromatic hydroxyl groups is 1. The van der Waals surface area contributed by atoms with Crippen molar-refractivity contribution in [3.63, 3.8) is 0 Å². The second kappa shape index (κ2) is 13.3. The van der Waals surface area contributed by atoms with E-state index in [0.717, 1.165) is 73.6 Å². The second-order valence-electron chi connectivity index (χ2n) is 11.0. The minimum Gasteiger partial charge on any atom is -0.508 e. The van der Waals surface area contributed by atoms with Gasteiger partial charge in [-0.1, -0.05) is 97.6 Å². The van der Waals surface area contributed by atoms with Crippen LogP contribution in [0, 0.1) is 5.92 Å². The molecule has 0 bridgehead atoms. The summed E-state index contributed by atoms with van der Waals surface area (Å²) in [7, 11) is 0. The Kier molecular flexibility index (Phi) is 9.36. The number of carbonyl (C=O) groups excluding carboxylic acids is 1. The zero-order chi connectivity index (χ0) is 27.9. The highest BCUT2D eigenvalue weighted by Crippen LogP contribution is 2.40. The third kappa shape index (κ3) is 6.66. The van der Waals surface area contributed by atoms with Crippen LogP contribution < -0.4 is 5.73 Å². The molecule has 206 valence electrons. The number of phenolic OH excluding ortho intramolecular Hbond substituents is 1. The number of benzene rings is 4. The van der Waals surface area contributed by atoms with Crippen molar-refractivity contribution in [2.45, 2.75) is 57.3 Å². The number of carbonyl (C=O) groups is 1. The molecular formula is C36H38ClNO2. The Hall–Kier alpha value is -3.40. The summed E-state index contributed by atoms with van der Waals surface area (Å²) in [5.74, 6) is 0.291. The zero-order valence-corrected chi connectivity index (χ0v) is 23.7. The summed E-state index contributed by atoms with van der Waals surface area (Å²) < 4.78 is 0. The molecule has 4 aromatic rings.